The number of piperazine rings is 1. The van der Waals surface area contributed by atoms with Gasteiger partial charge in [0.15, 0.2) is 0 Å². The van der Waals surface area contributed by atoms with Crippen LogP contribution in [-0.2, 0) is 22.7 Å². The fourth-order valence-electron chi connectivity index (χ4n) is 3.65. The van der Waals surface area contributed by atoms with Crippen molar-refractivity contribution >= 4 is 34.8 Å². The van der Waals surface area contributed by atoms with Crippen LogP contribution in [0.5, 0.6) is 5.75 Å². The summed E-state index contributed by atoms with van der Waals surface area (Å²) in [6, 6.07) is 9.06. The van der Waals surface area contributed by atoms with E-state index in [0.29, 0.717) is 37.8 Å². The molecule has 1 saturated heterocycles. The van der Waals surface area contributed by atoms with Crippen molar-refractivity contribution in [2.75, 3.05) is 26.2 Å². The highest BCUT2D eigenvalue weighted by molar-refractivity contribution is 7.09. The Bertz CT molecular complexity index is 858. The molecule has 28 heavy (non-hydrogen) atoms. The minimum Gasteiger partial charge on any atom is -0.491 e. The lowest BCUT2D eigenvalue weighted by atomic mass is 10.1. The molecule has 1 aromatic carbocycles. The number of nitrogens with zero attached hydrogens (tertiary/aromatic N) is 2. The molecule has 1 atom stereocenters. The molecule has 0 spiro atoms. The van der Waals surface area contributed by atoms with Crippen molar-refractivity contribution in [2.24, 2.45) is 0 Å². The Morgan fingerprint density at radius 3 is 3.04 bits per heavy atom. The van der Waals surface area contributed by atoms with Crippen molar-refractivity contribution in [1.29, 1.82) is 0 Å². The minimum atomic E-state index is -0.452. The van der Waals surface area contributed by atoms with Crippen LogP contribution in [0.25, 0.3) is 0 Å². The van der Waals surface area contributed by atoms with E-state index < -0.39 is 6.04 Å². The SMILES string of the molecule is O=C1NCCN(Cc2cccs2)C1CC(=O)N1CCOc2ccc(Cl)cc2C1. The molecule has 2 aliphatic heterocycles. The van der Waals surface area contributed by atoms with Crippen LogP contribution >= 0.6 is 22.9 Å². The van der Waals surface area contributed by atoms with E-state index in [1.165, 1.54) is 4.88 Å². The van der Waals surface area contributed by atoms with E-state index in [-0.39, 0.29) is 18.2 Å². The molecular weight excluding hydrogens is 398 g/mol. The molecule has 4 rings (SSSR count). The number of carbonyl (C=O) groups excluding carboxylic acids is 2. The Morgan fingerprint density at radius 2 is 2.21 bits per heavy atom. The van der Waals surface area contributed by atoms with E-state index >= 15 is 0 Å². The van der Waals surface area contributed by atoms with Gasteiger partial charge in [0.2, 0.25) is 11.8 Å². The number of hydrogen-bond donors (Lipinski definition) is 1. The van der Waals surface area contributed by atoms with Crippen molar-refractivity contribution in [2.45, 2.75) is 25.6 Å². The van der Waals surface area contributed by atoms with Crippen molar-refractivity contribution in [3.8, 4) is 5.75 Å². The first kappa shape index (κ1) is 19.2. The first-order valence-electron chi connectivity index (χ1n) is 9.33. The second-order valence-corrected chi connectivity index (χ2v) is 8.45. The molecule has 0 bridgehead atoms. The number of fused-ring (bicyclic) bond motifs is 1. The maximum Gasteiger partial charge on any atom is 0.237 e. The normalized spacial score (nSPS) is 20.1. The predicted molar refractivity (Wildman–Crippen MR) is 109 cm³/mol. The van der Waals surface area contributed by atoms with Gasteiger partial charge >= 0.3 is 0 Å². The number of ether oxygens (including phenoxy) is 1. The Kier molecular flexibility index (Phi) is 5.85. The Labute approximate surface area is 173 Å². The lowest BCUT2D eigenvalue weighted by Gasteiger charge is -2.35. The van der Waals surface area contributed by atoms with Crippen LogP contribution in [0.15, 0.2) is 35.7 Å². The molecular formula is C20H22ClN3O3S. The lowest BCUT2D eigenvalue weighted by Crippen LogP contribution is -2.56. The maximum absolute atomic E-state index is 13.0. The van der Waals surface area contributed by atoms with Gasteiger partial charge in [0.1, 0.15) is 12.4 Å². The molecule has 2 aromatic rings. The van der Waals surface area contributed by atoms with Gasteiger partial charge in [-0.3, -0.25) is 14.5 Å². The predicted octanol–water partition coefficient (Wildman–Crippen LogP) is 2.51. The van der Waals surface area contributed by atoms with Gasteiger partial charge in [-0.2, -0.15) is 0 Å². The number of thiophene rings is 1. The third-order valence-corrected chi connectivity index (χ3v) is 6.20. The van der Waals surface area contributed by atoms with Gasteiger partial charge in [0, 0.05) is 41.6 Å². The van der Waals surface area contributed by atoms with Crippen LogP contribution in [0.2, 0.25) is 5.02 Å². The van der Waals surface area contributed by atoms with Gasteiger partial charge in [-0.1, -0.05) is 17.7 Å². The monoisotopic (exact) mass is 419 g/mol. The van der Waals surface area contributed by atoms with Crippen LogP contribution in [0, 0.1) is 0 Å². The molecule has 0 radical (unpaired) electrons. The molecule has 0 saturated carbocycles. The van der Waals surface area contributed by atoms with Crippen molar-refractivity contribution < 1.29 is 14.3 Å². The highest BCUT2D eigenvalue weighted by Crippen LogP contribution is 2.27. The van der Waals surface area contributed by atoms with Crippen molar-refractivity contribution in [3.63, 3.8) is 0 Å². The van der Waals surface area contributed by atoms with E-state index in [1.54, 1.807) is 22.3 Å². The molecule has 1 unspecified atom stereocenters. The molecule has 1 N–H and O–H groups in total. The van der Waals surface area contributed by atoms with Crippen LogP contribution in [0.1, 0.15) is 16.9 Å². The summed E-state index contributed by atoms with van der Waals surface area (Å²) < 4.78 is 5.75. The molecule has 3 heterocycles. The summed E-state index contributed by atoms with van der Waals surface area (Å²) in [6.45, 7) is 3.39. The van der Waals surface area contributed by atoms with Gasteiger partial charge in [0.25, 0.3) is 0 Å². The highest BCUT2D eigenvalue weighted by atomic mass is 35.5. The second kappa shape index (κ2) is 8.51. The summed E-state index contributed by atoms with van der Waals surface area (Å²) in [7, 11) is 0. The largest absolute Gasteiger partial charge is 0.491 e. The lowest BCUT2D eigenvalue weighted by molar-refractivity contribution is -0.139. The molecule has 1 aromatic heterocycles. The van der Waals surface area contributed by atoms with E-state index in [2.05, 4.69) is 16.3 Å². The Morgan fingerprint density at radius 1 is 1.32 bits per heavy atom. The topological polar surface area (TPSA) is 61.9 Å². The second-order valence-electron chi connectivity index (χ2n) is 6.98. The number of nitrogens with one attached hydrogen (secondary N) is 1. The van der Waals surface area contributed by atoms with E-state index in [0.717, 1.165) is 17.9 Å². The van der Waals surface area contributed by atoms with Gasteiger partial charge in [-0.05, 0) is 29.6 Å². The van der Waals surface area contributed by atoms with Crippen LogP contribution < -0.4 is 10.1 Å². The number of benzene rings is 1. The third-order valence-electron chi connectivity index (χ3n) is 5.10. The van der Waals surface area contributed by atoms with Crippen molar-refractivity contribution in [1.82, 2.24) is 15.1 Å². The van der Waals surface area contributed by atoms with Gasteiger partial charge < -0.3 is 15.0 Å². The molecule has 2 amide bonds. The summed E-state index contributed by atoms with van der Waals surface area (Å²) >= 11 is 7.77. The summed E-state index contributed by atoms with van der Waals surface area (Å²) in [5.74, 6) is 0.634. The zero-order valence-corrected chi connectivity index (χ0v) is 17.0. The Hall–Kier alpha value is -2.09. The smallest absolute Gasteiger partial charge is 0.237 e. The average molecular weight is 420 g/mol. The number of carbonyl (C=O) groups is 2. The quantitative estimate of drug-likeness (QED) is 0.827. The molecule has 0 aliphatic carbocycles. The molecule has 1 fully saturated rings. The number of amides is 2. The summed E-state index contributed by atoms with van der Waals surface area (Å²) in [6.07, 6.45) is 0.160. The minimum absolute atomic E-state index is 0.0466. The molecule has 6 nitrogen and oxygen atoms in total. The number of halogens is 1. The number of hydrogen-bond acceptors (Lipinski definition) is 5. The van der Waals surface area contributed by atoms with E-state index in [4.69, 9.17) is 16.3 Å². The zero-order valence-electron chi connectivity index (χ0n) is 15.4. The van der Waals surface area contributed by atoms with Crippen molar-refractivity contribution in [3.05, 3.63) is 51.2 Å². The van der Waals surface area contributed by atoms with Gasteiger partial charge in [-0.15, -0.1) is 11.3 Å². The van der Waals surface area contributed by atoms with E-state index in [1.807, 2.05) is 23.6 Å². The van der Waals surface area contributed by atoms with Gasteiger partial charge in [0.05, 0.1) is 19.0 Å². The third kappa shape index (κ3) is 4.32. The van der Waals surface area contributed by atoms with Gasteiger partial charge in [-0.25, -0.2) is 0 Å². The first-order valence-corrected chi connectivity index (χ1v) is 10.6. The fraction of sp³-hybridized carbons (Fsp3) is 0.400. The average Bonchev–Trinajstić information content (AvgIpc) is 3.09. The standard InChI is InChI=1S/C20H22ClN3O3S/c21-15-3-4-18-14(10-15)12-24(7-8-27-18)19(25)11-17-20(26)22-5-6-23(17)13-16-2-1-9-28-16/h1-4,9-10,17H,5-8,11-13H2,(H,22,26). The fourth-order valence-corrected chi connectivity index (χ4v) is 4.57. The van der Waals surface area contributed by atoms with E-state index in [9.17, 15) is 9.59 Å². The molecule has 8 heteroatoms. The summed E-state index contributed by atoms with van der Waals surface area (Å²) in [5, 5.41) is 5.54. The number of rotatable bonds is 4. The van der Waals surface area contributed by atoms with Crippen LogP contribution in [0.3, 0.4) is 0 Å². The Balaban J connectivity index is 1.46. The maximum atomic E-state index is 13.0. The summed E-state index contributed by atoms with van der Waals surface area (Å²) in [5.41, 5.74) is 0.891. The molecule has 148 valence electrons. The zero-order chi connectivity index (χ0) is 19.5. The van der Waals surface area contributed by atoms with Crippen LogP contribution in [0.4, 0.5) is 0 Å². The first-order chi connectivity index (χ1) is 13.6. The highest BCUT2D eigenvalue weighted by Gasteiger charge is 2.33. The summed E-state index contributed by atoms with van der Waals surface area (Å²) in [4.78, 5) is 30.6. The van der Waals surface area contributed by atoms with Crippen LogP contribution in [-0.4, -0.2) is 53.9 Å². The molecule has 2 aliphatic rings.